The van der Waals surface area contributed by atoms with Gasteiger partial charge in [-0.1, -0.05) is 0 Å². The molecule has 0 N–H and O–H groups in total. The van der Waals surface area contributed by atoms with E-state index in [1.807, 2.05) is 0 Å². The molecule has 0 aliphatic carbocycles. The van der Waals surface area contributed by atoms with Crippen molar-refractivity contribution in [2.24, 2.45) is 0 Å². The second kappa shape index (κ2) is 3.91. The van der Waals surface area contributed by atoms with Gasteiger partial charge in [0.2, 0.25) is 0 Å². The highest BCUT2D eigenvalue weighted by atomic mass is 32.2. The molecule has 0 spiro atoms. The molecule has 2 rings (SSSR count). The summed E-state index contributed by atoms with van der Waals surface area (Å²) in [5.41, 5.74) is 0. The first-order valence-corrected chi connectivity index (χ1v) is 6.90. The summed E-state index contributed by atoms with van der Waals surface area (Å²) < 4.78 is 42.1. The standard InChI is InChI=1S/C9H14O7S/c1-9(2)15-6-5(4-13-17(3,11)12)14-8(10)7(6)16-9/h5-7H,4H2,1-3H3/t5-,6-,7-/m1/s1. The van der Waals surface area contributed by atoms with Crippen LogP contribution in [0.1, 0.15) is 13.8 Å². The molecule has 2 aliphatic rings. The SMILES string of the molecule is CC1(C)O[C@@H]2[C@@H](COS(C)(=O)=O)OC(=O)[C@@H]2O1. The van der Waals surface area contributed by atoms with Gasteiger partial charge in [-0.05, 0) is 13.8 Å². The number of carbonyl (C=O) groups is 1. The maximum atomic E-state index is 11.4. The normalized spacial score (nSPS) is 35.7. The van der Waals surface area contributed by atoms with Crippen molar-refractivity contribution >= 4 is 16.1 Å². The van der Waals surface area contributed by atoms with E-state index in [0.717, 1.165) is 6.26 Å². The molecule has 0 radical (unpaired) electrons. The number of carbonyl (C=O) groups excluding carboxylic acids is 1. The zero-order chi connectivity index (χ0) is 12.8. The minimum absolute atomic E-state index is 0.259. The van der Waals surface area contributed by atoms with Crippen LogP contribution in [0.4, 0.5) is 0 Å². The second-order valence-electron chi connectivity index (χ2n) is 4.48. The summed E-state index contributed by atoms with van der Waals surface area (Å²) in [6.45, 7) is 3.09. The number of hydrogen-bond donors (Lipinski definition) is 0. The van der Waals surface area contributed by atoms with Gasteiger partial charge in [-0.15, -0.1) is 0 Å². The van der Waals surface area contributed by atoms with E-state index in [9.17, 15) is 13.2 Å². The maximum absolute atomic E-state index is 11.4. The Balaban J connectivity index is 2.04. The lowest BCUT2D eigenvalue weighted by molar-refractivity contribution is -0.188. The molecule has 3 atom stereocenters. The fourth-order valence-electron chi connectivity index (χ4n) is 1.85. The van der Waals surface area contributed by atoms with Crippen molar-refractivity contribution in [3.05, 3.63) is 0 Å². The Morgan fingerprint density at radius 2 is 2.00 bits per heavy atom. The fraction of sp³-hybridized carbons (Fsp3) is 0.889. The van der Waals surface area contributed by atoms with E-state index in [4.69, 9.17) is 14.2 Å². The zero-order valence-corrected chi connectivity index (χ0v) is 10.5. The van der Waals surface area contributed by atoms with Crippen LogP contribution in [0.5, 0.6) is 0 Å². The van der Waals surface area contributed by atoms with Crippen LogP contribution in [-0.4, -0.2) is 51.3 Å². The van der Waals surface area contributed by atoms with Gasteiger partial charge in [0.25, 0.3) is 10.1 Å². The van der Waals surface area contributed by atoms with Crippen molar-refractivity contribution in [3.63, 3.8) is 0 Å². The lowest BCUT2D eigenvalue weighted by Gasteiger charge is -2.20. The predicted octanol–water partition coefficient (Wildman–Crippen LogP) is -0.592. The Morgan fingerprint density at radius 3 is 2.59 bits per heavy atom. The van der Waals surface area contributed by atoms with Crippen LogP contribution in [0.3, 0.4) is 0 Å². The third kappa shape index (κ3) is 2.76. The smallest absolute Gasteiger partial charge is 0.338 e. The van der Waals surface area contributed by atoms with Crippen molar-refractivity contribution in [1.82, 2.24) is 0 Å². The van der Waals surface area contributed by atoms with E-state index in [2.05, 4.69) is 4.18 Å². The molecule has 2 saturated heterocycles. The van der Waals surface area contributed by atoms with Crippen LogP contribution < -0.4 is 0 Å². The summed E-state index contributed by atoms with van der Waals surface area (Å²) in [5.74, 6) is -1.43. The van der Waals surface area contributed by atoms with Crippen LogP contribution in [-0.2, 0) is 33.3 Å². The molecule has 7 nitrogen and oxygen atoms in total. The average molecular weight is 266 g/mol. The minimum atomic E-state index is -3.57. The third-order valence-electron chi connectivity index (χ3n) is 2.44. The highest BCUT2D eigenvalue weighted by molar-refractivity contribution is 7.85. The first kappa shape index (κ1) is 12.7. The minimum Gasteiger partial charge on any atom is -0.455 e. The molecule has 98 valence electrons. The van der Waals surface area contributed by atoms with E-state index in [1.54, 1.807) is 13.8 Å². The molecule has 2 fully saturated rings. The van der Waals surface area contributed by atoms with Crippen LogP contribution in [0.15, 0.2) is 0 Å². The van der Waals surface area contributed by atoms with E-state index >= 15 is 0 Å². The fourth-order valence-corrected chi connectivity index (χ4v) is 2.23. The van der Waals surface area contributed by atoms with Gasteiger partial charge >= 0.3 is 5.97 Å². The molecule has 0 aromatic rings. The van der Waals surface area contributed by atoms with Crippen LogP contribution in [0, 0.1) is 0 Å². The Labute approximate surface area is 99.1 Å². The van der Waals surface area contributed by atoms with Gasteiger partial charge in [-0.3, -0.25) is 4.18 Å². The number of rotatable bonds is 3. The largest absolute Gasteiger partial charge is 0.455 e. The van der Waals surface area contributed by atoms with Crippen LogP contribution in [0.2, 0.25) is 0 Å². The molecule has 2 aliphatic heterocycles. The lowest BCUT2D eigenvalue weighted by Crippen LogP contribution is -2.33. The highest BCUT2D eigenvalue weighted by Crippen LogP contribution is 2.36. The summed E-state index contributed by atoms with van der Waals surface area (Å²) in [7, 11) is -3.57. The first-order chi connectivity index (χ1) is 7.68. The molecular weight excluding hydrogens is 252 g/mol. The van der Waals surface area contributed by atoms with E-state index < -0.39 is 40.2 Å². The Hall–Kier alpha value is -0.700. The topological polar surface area (TPSA) is 88.1 Å². The summed E-state index contributed by atoms with van der Waals surface area (Å²) in [4.78, 5) is 11.4. The van der Waals surface area contributed by atoms with E-state index in [0.29, 0.717) is 0 Å². The molecule has 0 unspecified atom stereocenters. The van der Waals surface area contributed by atoms with E-state index in [-0.39, 0.29) is 6.61 Å². The van der Waals surface area contributed by atoms with Crippen molar-refractivity contribution in [2.75, 3.05) is 12.9 Å². The predicted molar refractivity (Wildman–Crippen MR) is 54.5 cm³/mol. The van der Waals surface area contributed by atoms with Gasteiger partial charge in [0, 0.05) is 0 Å². The number of cyclic esters (lactones) is 1. The average Bonchev–Trinajstić information content (AvgIpc) is 2.58. The highest BCUT2D eigenvalue weighted by Gasteiger charge is 2.56. The maximum Gasteiger partial charge on any atom is 0.338 e. The molecule has 0 saturated carbocycles. The van der Waals surface area contributed by atoms with E-state index in [1.165, 1.54) is 0 Å². The molecule has 2 heterocycles. The molecule has 0 bridgehead atoms. The molecule has 0 amide bonds. The first-order valence-electron chi connectivity index (χ1n) is 5.08. The summed E-state index contributed by atoms with van der Waals surface area (Å²) >= 11 is 0. The van der Waals surface area contributed by atoms with Crippen molar-refractivity contribution in [1.29, 1.82) is 0 Å². The van der Waals surface area contributed by atoms with Crippen molar-refractivity contribution in [2.45, 2.75) is 37.9 Å². The van der Waals surface area contributed by atoms with Gasteiger partial charge in [0.05, 0.1) is 6.26 Å². The van der Waals surface area contributed by atoms with Gasteiger partial charge in [-0.25, -0.2) is 4.79 Å². The number of esters is 1. The second-order valence-corrected chi connectivity index (χ2v) is 6.13. The number of hydrogen-bond acceptors (Lipinski definition) is 7. The Bertz CT molecular complexity index is 427. The van der Waals surface area contributed by atoms with Crippen LogP contribution in [0.25, 0.3) is 0 Å². The number of ether oxygens (including phenoxy) is 3. The monoisotopic (exact) mass is 266 g/mol. The van der Waals surface area contributed by atoms with Gasteiger partial charge in [0.15, 0.2) is 18.0 Å². The molecule has 0 aromatic carbocycles. The quantitative estimate of drug-likeness (QED) is 0.498. The number of fused-ring (bicyclic) bond motifs is 1. The van der Waals surface area contributed by atoms with Crippen molar-refractivity contribution in [3.8, 4) is 0 Å². The molecular formula is C9H14O7S. The van der Waals surface area contributed by atoms with Crippen LogP contribution >= 0.6 is 0 Å². The van der Waals surface area contributed by atoms with Gasteiger partial charge < -0.3 is 14.2 Å². The third-order valence-corrected chi connectivity index (χ3v) is 3.01. The van der Waals surface area contributed by atoms with Crippen molar-refractivity contribution < 1.29 is 31.6 Å². The molecule has 8 heteroatoms. The molecule has 0 aromatic heterocycles. The Kier molecular flexibility index (Phi) is 2.93. The molecule has 17 heavy (non-hydrogen) atoms. The van der Waals surface area contributed by atoms with Gasteiger partial charge in [-0.2, -0.15) is 8.42 Å². The summed E-state index contributed by atoms with van der Waals surface area (Å²) in [6.07, 6.45) is -1.27. The summed E-state index contributed by atoms with van der Waals surface area (Å²) in [6, 6.07) is 0. The van der Waals surface area contributed by atoms with Gasteiger partial charge in [0.1, 0.15) is 12.7 Å². The Morgan fingerprint density at radius 1 is 1.35 bits per heavy atom. The summed E-state index contributed by atoms with van der Waals surface area (Å²) in [5, 5.41) is 0. The lowest BCUT2D eigenvalue weighted by atomic mass is 10.1. The zero-order valence-electron chi connectivity index (χ0n) is 9.71.